The summed E-state index contributed by atoms with van der Waals surface area (Å²) in [5, 5.41) is 3.18. The van der Waals surface area contributed by atoms with Crippen LogP contribution >= 0.6 is 0 Å². The molecule has 0 aromatic carbocycles. The van der Waals surface area contributed by atoms with Gasteiger partial charge in [0.15, 0.2) is 0 Å². The molecule has 1 aliphatic carbocycles. The summed E-state index contributed by atoms with van der Waals surface area (Å²) in [6.45, 7) is 7.70. The van der Waals surface area contributed by atoms with E-state index in [2.05, 4.69) is 15.2 Å². The second-order valence-electron chi connectivity index (χ2n) is 7.56. The first kappa shape index (κ1) is 15.3. The smallest absolute Gasteiger partial charge is 0.225 e. The fraction of sp³-hybridized carbons (Fsp3) is 0.706. The van der Waals surface area contributed by atoms with E-state index in [9.17, 15) is 4.79 Å². The van der Waals surface area contributed by atoms with Crippen LogP contribution in [-0.2, 0) is 4.79 Å². The molecule has 1 atom stereocenters. The lowest BCUT2D eigenvalue weighted by Gasteiger charge is -2.35. The maximum absolute atomic E-state index is 12.2. The lowest BCUT2D eigenvalue weighted by molar-refractivity contribution is -0.129. The Bertz CT molecular complexity index is 548. The summed E-state index contributed by atoms with van der Waals surface area (Å²) in [7, 11) is 0. The molecular weight excluding hydrogens is 276 g/mol. The second-order valence-corrected chi connectivity index (χ2v) is 7.56. The van der Waals surface area contributed by atoms with Crippen LogP contribution in [0, 0.1) is 5.41 Å². The molecule has 2 heterocycles. The molecule has 0 spiro atoms. The summed E-state index contributed by atoms with van der Waals surface area (Å²) in [5.41, 5.74) is -0.337. The lowest BCUT2D eigenvalue weighted by atomic mass is 9.94. The molecule has 0 bridgehead atoms. The molecule has 3 rings (SSSR count). The standard InChI is InChI=1S/C17H26N4O/c1-17(2,3)16(22)19-13-5-4-10-21(11-13)14-8-9-18-15(20-14)12-6-7-12/h8-9,12-13H,4-7,10-11H2,1-3H3,(H,19,22). The molecule has 1 aromatic heterocycles. The molecule has 120 valence electrons. The van der Waals surface area contributed by atoms with Crippen molar-refractivity contribution in [1.29, 1.82) is 0 Å². The van der Waals surface area contributed by atoms with Gasteiger partial charge < -0.3 is 10.2 Å². The minimum absolute atomic E-state index is 0.126. The van der Waals surface area contributed by atoms with E-state index in [1.54, 1.807) is 0 Å². The first-order chi connectivity index (χ1) is 10.4. The van der Waals surface area contributed by atoms with Crippen molar-refractivity contribution in [3.63, 3.8) is 0 Å². The van der Waals surface area contributed by atoms with E-state index in [1.165, 1.54) is 12.8 Å². The summed E-state index contributed by atoms with van der Waals surface area (Å²) in [6.07, 6.45) is 6.42. The van der Waals surface area contributed by atoms with Crippen molar-refractivity contribution in [2.75, 3.05) is 18.0 Å². The number of carbonyl (C=O) groups is 1. The Hall–Kier alpha value is -1.65. The van der Waals surface area contributed by atoms with Crippen molar-refractivity contribution in [1.82, 2.24) is 15.3 Å². The molecular formula is C17H26N4O. The Balaban J connectivity index is 1.65. The molecule has 1 aliphatic heterocycles. The van der Waals surface area contributed by atoms with E-state index < -0.39 is 0 Å². The van der Waals surface area contributed by atoms with Crippen LogP contribution in [0.2, 0.25) is 0 Å². The molecule has 0 radical (unpaired) electrons. The third-order valence-corrected chi connectivity index (χ3v) is 4.36. The topological polar surface area (TPSA) is 58.1 Å². The SMILES string of the molecule is CC(C)(C)C(=O)NC1CCCN(c2ccnc(C3CC3)n2)C1. The van der Waals surface area contributed by atoms with Crippen LogP contribution in [0.15, 0.2) is 12.3 Å². The molecule has 5 nitrogen and oxygen atoms in total. The van der Waals surface area contributed by atoms with E-state index in [0.29, 0.717) is 5.92 Å². The zero-order chi connectivity index (χ0) is 15.7. The van der Waals surface area contributed by atoms with Crippen LogP contribution in [-0.4, -0.2) is 35.0 Å². The van der Waals surface area contributed by atoms with Gasteiger partial charge in [0.25, 0.3) is 0 Å². The van der Waals surface area contributed by atoms with Gasteiger partial charge in [-0.3, -0.25) is 4.79 Å². The predicted molar refractivity (Wildman–Crippen MR) is 86.8 cm³/mol. The maximum Gasteiger partial charge on any atom is 0.225 e. The first-order valence-electron chi connectivity index (χ1n) is 8.32. The quantitative estimate of drug-likeness (QED) is 0.932. The molecule has 5 heteroatoms. The summed E-state index contributed by atoms with van der Waals surface area (Å²) >= 11 is 0. The van der Waals surface area contributed by atoms with Gasteiger partial charge in [-0.05, 0) is 31.7 Å². The lowest BCUT2D eigenvalue weighted by Crippen LogP contribution is -2.50. The van der Waals surface area contributed by atoms with Gasteiger partial charge in [0.05, 0.1) is 0 Å². The van der Waals surface area contributed by atoms with Crippen LogP contribution in [0.4, 0.5) is 5.82 Å². The molecule has 2 aliphatic rings. The largest absolute Gasteiger partial charge is 0.354 e. The fourth-order valence-electron chi connectivity index (χ4n) is 2.78. The zero-order valence-electron chi connectivity index (χ0n) is 13.8. The van der Waals surface area contributed by atoms with E-state index in [1.807, 2.05) is 33.0 Å². The van der Waals surface area contributed by atoms with Gasteiger partial charge >= 0.3 is 0 Å². The van der Waals surface area contributed by atoms with E-state index in [4.69, 9.17) is 4.98 Å². The van der Waals surface area contributed by atoms with Crippen LogP contribution < -0.4 is 10.2 Å². The number of aromatic nitrogens is 2. The number of hydrogen-bond acceptors (Lipinski definition) is 4. The number of amides is 1. The summed E-state index contributed by atoms with van der Waals surface area (Å²) in [4.78, 5) is 23.6. The van der Waals surface area contributed by atoms with Gasteiger partial charge in [0.2, 0.25) is 5.91 Å². The molecule has 1 saturated carbocycles. The Morgan fingerprint density at radius 3 is 2.77 bits per heavy atom. The van der Waals surface area contributed by atoms with Crippen LogP contribution in [0.1, 0.15) is 58.2 Å². The van der Waals surface area contributed by atoms with E-state index in [-0.39, 0.29) is 17.4 Å². The Morgan fingerprint density at radius 1 is 1.32 bits per heavy atom. The zero-order valence-corrected chi connectivity index (χ0v) is 13.8. The number of rotatable bonds is 3. The van der Waals surface area contributed by atoms with Gasteiger partial charge in [-0.2, -0.15) is 0 Å². The minimum Gasteiger partial charge on any atom is -0.354 e. The highest BCUT2D eigenvalue weighted by Gasteiger charge is 2.29. The van der Waals surface area contributed by atoms with E-state index >= 15 is 0 Å². The van der Waals surface area contributed by atoms with Gasteiger partial charge in [-0.25, -0.2) is 9.97 Å². The van der Waals surface area contributed by atoms with Crippen LogP contribution in [0.5, 0.6) is 0 Å². The third kappa shape index (κ3) is 3.57. The van der Waals surface area contributed by atoms with Crippen LogP contribution in [0.25, 0.3) is 0 Å². The van der Waals surface area contributed by atoms with Crippen molar-refractivity contribution >= 4 is 11.7 Å². The van der Waals surface area contributed by atoms with Crippen LogP contribution in [0.3, 0.4) is 0 Å². The van der Waals surface area contributed by atoms with Crippen molar-refractivity contribution in [3.8, 4) is 0 Å². The third-order valence-electron chi connectivity index (χ3n) is 4.36. The summed E-state index contributed by atoms with van der Waals surface area (Å²) in [5.74, 6) is 2.69. The summed E-state index contributed by atoms with van der Waals surface area (Å²) < 4.78 is 0. The second kappa shape index (κ2) is 5.86. The first-order valence-corrected chi connectivity index (χ1v) is 8.32. The number of hydrogen-bond donors (Lipinski definition) is 1. The number of carbonyl (C=O) groups excluding carboxylic acids is 1. The molecule has 1 unspecified atom stereocenters. The number of nitrogens with zero attached hydrogens (tertiary/aromatic N) is 3. The number of nitrogens with one attached hydrogen (secondary N) is 1. The average Bonchev–Trinajstić information content (AvgIpc) is 3.31. The van der Waals surface area contributed by atoms with E-state index in [0.717, 1.165) is 37.6 Å². The molecule has 1 amide bonds. The molecule has 1 aromatic rings. The maximum atomic E-state index is 12.2. The van der Waals surface area contributed by atoms with Gasteiger partial charge in [-0.1, -0.05) is 20.8 Å². The van der Waals surface area contributed by atoms with Crippen molar-refractivity contribution in [3.05, 3.63) is 18.1 Å². The normalized spacial score (nSPS) is 22.5. The number of piperidine rings is 1. The average molecular weight is 302 g/mol. The summed E-state index contributed by atoms with van der Waals surface area (Å²) in [6, 6.07) is 2.19. The Labute approximate surface area is 132 Å². The highest BCUT2D eigenvalue weighted by Crippen LogP contribution is 2.38. The molecule has 1 N–H and O–H groups in total. The van der Waals surface area contributed by atoms with Crippen molar-refractivity contribution in [2.45, 2.75) is 58.4 Å². The number of anilines is 1. The highest BCUT2D eigenvalue weighted by atomic mass is 16.2. The van der Waals surface area contributed by atoms with Gasteiger partial charge in [0, 0.05) is 36.7 Å². The van der Waals surface area contributed by atoms with Gasteiger partial charge in [-0.15, -0.1) is 0 Å². The fourth-order valence-corrected chi connectivity index (χ4v) is 2.78. The molecule has 22 heavy (non-hydrogen) atoms. The minimum atomic E-state index is -0.337. The Kier molecular flexibility index (Phi) is 4.06. The Morgan fingerprint density at radius 2 is 2.09 bits per heavy atom. The van der Waals surface area contributed by atoms with Gasteiger partial charge in [0.1, 0.15) is 11.6 Å². The van der Waals surface area contributed by atoms with Crippen molar-refractivity contribution in [2.24, 2.45) is 5.41 Å². The molecule has 2 fully saturated rings. The predicted octanol–water partition coefficient (Wildman–Crippen LogP) is 2.49. The van der Waals surface area contributed by atoms with Crippen molar-refractivity contribution < 1.29 is 4.79 Å². The molecule has 1 saturated heterocycles. The highest BCUT2D eigenvalue weighted by molar-refractivity contribution is 5.81. The monoisotopic (exact) mass is 302 g/mol.